The number of carbonyl (C=O) groups is 2. The van der Waals surface area contributed by atoms with Crippen molar-refractivity contribution in [2.75, 3.05) is 46.0 Å². The highest BCUT2D eigenvalue weighted by atomic mass is 79.9. The third-order valence-electron chi connectivity index (χ3n) is 6.29. The highest BCUT2D eigenvalue weighted by Gasteiger charge is 2.46. The number of ether oxygens (including phenoxy) is 2. The van der Waals surface area contributed by atoms with E-state index in [-0.39, 0.29) is 11.3 Å². The molecule has 2 fully saturated rings. The fraction of sp³-hybridized carbons (Fsp3) is 0.333. The minimum Gasteiger partial charge on any atom is -0.507 e. The van der Waals surface area contributed by atoms with E-state index >= 15 is 0 Å². The summed E-state index contributed by atoms with van der Waals surface area (Å²) in [5.41, 5.74) is 2.12. The van der Waals surface area contributed by atoms with Crippen molar-refractivity contribution in [3.05, 3.63) is 81.9 Å². The molecule has 1 amide bonds. The first-order chi connectivity index (χ1) is 16.9. The van der Waals surface area contributed by atoms with Crippen molar-refractivity contribution in [1.82, 2.24) is 9.80 Å². The molecule has 184 valence electrons. The molecule has 0 spiro atoms. The summed E-state index contributed by atoms with van der Waals surface area (Å²) in [4.78, 5) is 30.2. The third-order valence-corrected chi connectivity index (χ3v) is 6.82. The maximum atomic E-state index is 13.2. The Morgan fingerprint density at radius 2 is 1.89 bits per heavy atom. The molecule has 0 aliphatic carbocycles. The van der Waals surface area contributed by atoms with Gasteiger partial charge in [-0.3, -0.25) is 14.5 Å². The van der Waals surface area contributed by atoms with Crippen LogP contribution >= 0.6 is 15.9 Å². The number of morpholine rings is 1. The van der Waals surface area contributed by atoms with Crippen molar-refractivity contribution >= 4 is 33.4 Å². The van der Waals surface area contributed by atoms with Crippen LogP contribution in [0, 0.1) is 6.92 Å². The van der Waals surface area contributed by atoms with Gasteiger partial charge in [0.25, 0.3) is 11.7 Å². The number of amides is 1. The van der Waals surface area contributed by atoms with Crippen LogP contribution in [-0.4, -0.2) is 72.6 Å². The lowest BCUT2D eigenvalue weighted by Crippen LogP contribution is -2.42. The van der Waals surface area contributed by atoms with Gasteiger partial charge in [-0.15, -0.1) is 0 Å². The summed E-state index contributed by atoms with van der Waals surface area (Å²) in [5, 5.41) is 11.3. The zero-order valence-electron chi connectivity index (χ0n) is 19.7. The summed E-state index contributed by atoms with van der Waals surface area (Å²) >= 11 is 3.44. The Morgan fingerprint density at radius 3 is 2.54 bits per heavy atom. The molecule has 2 aromatic rings. The quantitative estimate of drug-likeness (QED) is 0.235. The standard InChI is InChI=1S/C27H29BrN2O5/c1-3-14-35-22-9-6-20(17-18(22)2)25(31)23-24(19-4-7-21(28)8-5-19)30(27(33)26(23)32)11-10-29-12-15-34-16-13-29/h3-9,17,24,31H,1,10-16H2,2H3. The average molecular weight is 541 g/mol. The predicted octanol–water partition coefficient (Wildman–Crippen LogP) is 4.08. The molecule has 2 aliphatic heterocycles. The van der Waals surface area contributed by atoms with Gasteiger partial charge in [-0.1, -0.05) is 40.7 Å². The Kier molecular flexibility index (Phi) is 8.05. The number of benzene rings is 2. The van der Waals surface area contributed by atoms with Crippen LogP contribution in [0.1, 0.15) is 22.7 Å². The van der Waals surface area contributed by atoms with E-state index in [1.54, 1.807) is 29.2 Å². The number of aryl methyl sites for hydroxylation is 1. The van der Waals surface area contributed by atoms with Crippen LogP contribution in [0.2, 0.25) is 0 Å². The largest absolute Gasteiger partial charge is 0.507 e. The molecule has 0 aromatic heterocycles. The molecule has 2 saturated heterocycles. The van der Waals surface area contributed by atoms with Gasteiger partial charge in [0.2, 0.25) is 0 Å². The van der Waals surface area contributed by atoms with Gasteiger partial charge in [-0.2, -0.15) is 0 Å². The SMILES string of the molecule is C=CCOc1ccc(C(O)=C2C(=O)C(=O)N(CCN3CCOCC3)C2c2ccc(Br)cc2)cc1C. The number of aliphatic hydroxyl groups is 1. The number of carbonyl (C=O) groups excluding carboxylic acids is 2. The maximum Gasteiger partial charge on any atom is 0.295 e. The van der Waals surface area contributed by atoms with Crippen molar-refractivity contribution in [3.63, 3.8) is 0 Å². The maximum absolute atomic E-state index is 13.2. The highest BCUT2D eigenvalue weighted by molar-refractivity contribution is 9.10. The van der Waals surface area contributed by atoms with Crippen molar-refractivity contribution in [3.8, 4) is 5.75 Å². The minimum absolute atomic E-state index is 0.0958. The van der Waals surface area contributed by atoms with E-state index in [9.17, 15) is 14.7 Å². The minimum atomic E-state index is -0.680. The van der Waals surface area contributed by atoms with Crippen molar-refractivity contribution < 1.29 is 24.2 Å². The molecule has 35 heavy (non-hydrogen) atoms. The zero-order chi connectivity index (χ0) is 24.9. The van der Waals surface area contributed by atoms with Crippen LogP contribution in [0.3, 0.4) is 0 Å². The Hall–Kier alpha value is -2.94. The molecule has 0 saturated carbocycles. The number of likely N-dealkylation sites (tertiary alicyclic amines) is 1. The summed E-state index contributed by atoms with van der Waals surface area (Å²) in [6.45, 7) is 9.75. The fourth-order valence-electron chi connectivity index (χ4n) is 4.44. The smallest absolute Gasteiger partial charge is 0.295 e. The van der Waals surface area contributed by atoms with Crippen LogP contribution in [0.25, 0.3) is 5.76 Å². The zero-order valence-corrected chi connectivity index (χ0v) is 21.3. The summed E-state index contributed by atoms with van der Waals surface area (Å²) < 4.78 is 11.9. The molecule has 1 atom stereocenters. The molecule has 2 aromatic carbocycles. The average Bonchev–Trinajstić information content (AvgIpc) is 3.12. The molecule has 1 N–H and O–H groups in total. The van der Waals surface area contributed by atoms with Gasteiger partial charge in [0.15, 0.2) is 0 Å². The lowest BCUT2D eigenvalue weighted by atomic mass is 9.95. The lowest BCUT2D eigenvalue weighted by Gasteiger charge is -2.31. The first-order valence-electron chi connectivity index (χ1n) is 11.6. The number of aliphatic hydroxyl groups excluding tert-OH is 1. The number of rotatable bonds is 8. The van der Waals surface area contributed by atoms with Gasteiger partial charge in [-0.05, 0) is 48.4 Å². The van der Waals surface area contributed by atoms with E-state index in [0.29, 0.717) is 44.2 Å². The van der Waals surface area contributed by atoms with Crippen LogP contribution < -0.4 is 4.74 Å². The summed E-state index contributed by atoms with van der Waals surface area (Å²) in [6.07, 6.45) is 1.66. The molecule has 2 aliphatic rings. The Labute approximate surface area is 213 Å². The molecule has 0 radical (unpaired) electrons. The first kappa shape index (κ1) is 25.2. The van der Waals surface area contributed by atoms with Gasteiger partial charge < -0.3 is 19.5 Å². The molecule has 8 heteroatoms. The van der Waals surface area contributed by atoms with E-state index in [1.807, 2.05) is 31.2 Å². The van der Waals surface area contributed by atoms with E-state index in [2.05, 4.69) is 27.4 Å². The molecule has 7 nitrogen and oxygen atoms in total. The number of hydrogen-bond donors (Lipinski definition) is 1. The number of ketones is 1. The van der Waals surface area contributed by atoms with Crippen molar-refractivity contribution in [2.45, 2.75) is 13.0 Å². The monoisotopic (exact) mass is 540 g/mol. The number of Topliss-reactive ketones (excluding diaryl/α,β-unsaturated/α-hetero) is 1. The Morgan fingerprint density at radius 1 is 1.17 bits per heavy atom. The predicted molar refractivity (Wildman–Crippen MR) is 137 cm³/mol. The topological polar surface area (TPSA) is 79.3 Å². The van der Waals surface area contributed by atoms with Gasteiger partial charge in [0.05, 0.1) is 24.8 Å². The van der Waals surface area contributed by atoms with E-state index in [0.717, 1.165) is 28.7 Å². The second-order valence-electron chi connectivity index (χ2n) is 8.58. The van der Waals surface area contributed by atoms with E-state index < -0.39 is 17.7 Å². The van der Waals surface area contributed by atoms with Crippen LogP contribution in [0.4, 0.5) is 0 Å². The molecular weight excluding hydrogens is 512 g/mol. The van der Waals surface area contributed by atoms with E-state index in [4.69, 9.17) is 9.47 Å². The van der Waals surface area contributed by atoms with Crippen LogP contribution in [0.15, 0.2) is 65.2 Å². The molecular formula is C27H29BrN2O5. The summed E-state index contributed by atoms with van der Waals surface area (Å²) in [6, 6.07) is 12.0. The molecule has 2 heterocycles. The van der Waals surface area contributed by atoms with Crippen molar-refractivity contribution in [1.29, 1.82) is 0 Å². The normalized spacial score (nSPS) is 20.3. The van der Waals surface area contributed by atoms with Gasteiger partial charge in [-0.25, -0.2) is 0 Å². The van der Waals surface area contributed by atoms with Gasteiger partial charge in [0.1, 0.15) is 18.1 Å². The second kappa shape index (κ2) is 11.2. The highest BCUT2D eigenvalue weighted by Crippen LogP contribution is 2.40. The number of halogens is 1. The van der Waals surface area contributed by atoms with Gasteiger partial charge in [0, 0.05) is 36.2 Å². The summed E-state index contributed by atoms with van der Waals surface area (Å²) in [7, 11) is 0. The van der Waals surface area contributed by atoms with Crippen LogP contribution in [0.5, 0.6) is 5.75 Å². The fourth-order valence-corrected chi connectivity index (χ4v) is 4.70. The van der Waals surface area contributed by atoms with Gasteiger partial charge >= 0.3 is 0 Å². The number of hydrogen-bond acceptors (Lipinski definition) is 6. The summed E-state index contributed by atoms with van der Waals surface area (Å²) in [5.74, 6) is -0.808. The lowest BCUT2D eigenvalue weighted by molar-refractivity contribution is -0.140. The molecule has 4 rings (SSSR count). The Bertz CT molecular complexity index is 1140. The first-order valence-corrected chi connectivity index (χ1v) is 12.4. The number of nitrogens with zero attached hydrogens (tertiary/aromatic N) is 2. The van der Waals surface area contributed by atoms with Crippen molar-refractivity contribution in [2.24, 2.45) is 0 Å². The molecule has 1 unspecified atom stereocenters. The second-order valence-corrected chi connectivity index (χ2v) is 9.49. The Balaban J connectivity index is 1.71. The van der Waals surface area contributed by atoms with Crippen LogP contribution in [-0.2, 0) is 14.3 Å². The molecule has 0 bridgehead atoms. The third kappa shape index (κ3) is 5.50. The van der Waals surface area contributed by atoms with E-state index in [1.165, 1.54) is 0 Å².